The Morgan fingerprint density at radius 1 is 1.44 bits per heavy atom. The molecule has 3 N–H and O–H groups in total. The van der Waals surface area contributed by atoms with Crippen LogP contribution in [0.15, 0.2) is 49.1 Å². The zero-order valence-corrected chi connectivity index (χ0v) is 9.31. The van der Waals surface area contributed by atoms with Crippen LogP contribution in [0.2, 0.25) is 0 Å². The minimum Gasteiger partial charge on any atom is -0.484 e. The molecule has 3 heteroatoms. The van der Waals surface area contributed by atoms with Crippen molar-refractivity contribution < 1.29 is 4.74 Å². The van der Waals surface area contributed by atoms with Crippen molar-refractivity contribution in [3.8, 4) is 5.75 Å². The molecule has 0 aliphatic rings. The SMILES string of the molecule is C=C/C=C\C(=N)C(C)Oc1ccc(N)cc1. The Morgan fingerprint density at radius 2 is 2.06 bits per heavy atom. The third-order valence-electron chi connectivity index (χ3n) is 2.04. The van der Waals surface area contributed by atoms with Crippen LogP contribution < -0.4 is 10.5 Å². The summed E-state index contributed by atoms with van der Waals surface area (Å²) in [6, 6.07) is 7.11. The topological polar surface area (TPSA) is 59.1 Å². The van der Waals surface area contributed by atoms with Crippen molar-refractivity contribution in [3.63, 3.8) is 0 Å². The van der Waals surface area contributed by atoms with Crippen LogP contribution in [0.1, 0.15) is 6.92 Å². The van der Waals surface area contributed by atoms with Crippen molar-refractivity contribution in [2.45, 2.75) is 13.0 Å². The second kappa shape index (κ2) is 5.75. The van der Waals surface area contributed by atoms with Gasteiger partial charge in [0.15, 0.2) is 0 Å². The number of nitrogen functional groups attached to an aromatic ring is 1. The molecule has 0 radical (unpaired) electrons. The first-order valence-corrected chi connectivity index (χ1v) is 5.03. The molecule has 0 aliphatic carbocycles. The van der Waals surface area contributed by atoms with E-state index in [2.05, 4.69) is 6.58 Å². The minimum atomic E-state index is -0.292. The summed E-state index contributed by atoms with van der Waals surface area (Å²) in [5.41, 5.74) is 6.66. The molecule has 1 aromatic rings. The number of ether oxygens (including phenoxy) is 1. The molecule has 0 saturated carbocycles. The molecule has 0 aromatic heterocycles. The molecule has 0 saturated heterocycles. The molecule has 1 unspecified atom stereocenters. The fraction of sp³-hybridized carbons (Fsp3) is 0.154. The number of hydrogen-bond acceptors (Lipinski definition) is 3. The van der Waals surface area contributed by atoms with E-state index in [1.165, 1.54) is 0 Å². The molecule has 84 valence electrons. The predicted octanol–water partition coefficient (Wildman–Crippen LogP) is 2.80. The Kier molecular flexibility index (Phi) is 4.33. The third-order valence-corrected chi connectivity index (χ3v) is 2.04. The van der Waals surface area contributed by atoms with Crippen LogP contribution in [0.3, 0.4) is 0 Å². The van der Waals surface area contributed by atoms with E-state index in [0.717, 1.165) is 0 Å². The Hall–Kier alpha value is -2.03. The normalized spacial score (nSPS) is 12.3. The number of allylic oxidation sites excluding steroid dienone is 2. The summed E-state index contributed by atoms with van der Waals surface area (Å²) in [5, 5.41) is 7.71. The van der Waals surface area contributed by atoms with Crippen LogP contribution in [-0.2, 0) is 0 Å². The van der Waals surface area contributed by atoms with Gasteiger partial charge in [-0.15, -0.1) is 0 Å². The average Bonchev–Trinajstić information content (AvgIpc) is 2.29. The summed E-state index contributed by atoms with van der Waals surface area (Å²) in [6.07, 6.45) is 4.71. The molecule has 3 nitrogen and oxygen atoms in total. The molecule has 0 fully saturated rings. The zero-order valence-electron chi connectivity index (χ0n) is 9.31. The number of benzene rings is 1. The monoisotopic (exact) mass is 216 g/mol. The maximum absolute atomic E-state index is 7.71. The first-order valence-electron chi connectivity index (χ1n) is 5.03. The second-order valence-corrected chi connectivity index (χ2v) is 3.38. The van der Waals surface area contributed by atoms with Crippen LogP contribution >= 0.6 is 0 Å². The van der Waals surface area contributed by atoms with E-state index >= 15 is 0 Å². The summed E-state index contributed by atoms with van der Waals surface area (Å²) in [6.45, 7) is 5.37. The van der Waals surface area contributed by atoms with Crippen LogP contribution in [0.4, 0.5) is 5.69 Å². The van der Waals surface area contributed by atoms with Crippen molar-refractivity contribution in [1.29, 1.82) is 5.41 Å². The van der Waals surface area contributed by atoms with Gasteiger partial charge in [-0.2, -0.15) is 0 Å². The van der Waals surface area contributed by atoms with E-state index in [9.17, 15) is 0 Å². The molecular formula is C13H16N2O. The molecule has 0 bridgehead atoms. The maximum Gasteiger partial charge on any atom is 0.137 e. The van der Waals surface area contributed by atoms with Gasteiger partial charge in [-0.1, -0.05) is 18.7 Å². The summed E-state index contributed by atoms with van der Waals surface area (Å²) in [7, 11) is 0. The van der Waals surface area contributed by atoms with Gasteiger partial charge in [-0.25, -0.2) is 0 Å². The summed E-state index contributed by atoms with van der Waals surface area (Å²) >= 11 is 0. The van der Waals surface area contributed by atoms with Gasteiger partial charge < -0.3 is 15.9 Å². The van der Waals surface area contributed by atoms with Crippen LogP contribution in [0, 0.1) is 5.41 Å². The van der Waals surface area contributed by atoms with Crippen molar-refractivity contribution in [3.05, 3.63) is 49.1 Å². The average molecular weight is 216 g/mol. The van der Waals surface area contributed by atoms with Crippen molar-refractivity contribution in [2.75, 3.05) is 5.73 Å². The Morgan fingerprint density at radius 3 is 2.62 bits per heavy atom. The molecule has 0 spiro atoms. The maximum atomic E-state index is 7.71. The first-order chi connectivity index (χ1) is 7.63. The van der Waals surface area contributed by atoms with Crippen LogP contribution in [-0.4, -0.2) is 11.8 Å². The van der Waals surface area contributed by atoms with Gasteiger partial charge in [0.1, 0.15) is 11.9 Å². The van der Waals surface area contributed by atoms with E-state index in [0.29, 0.717) is 17.1 Å². The Labute approximate surface area is 95.7 Å². The Balaban J connectivity index is 2.60. The van der Waals surface area contributed by atoms with E-state index in [4.69, 9.17) is 15.9 Å². The van der Waals surface area contributed by atoms with Gasteiger partial charge in [0, 0.05) is 5.69 Å². The lowest BCUT2D eigenvalue weighted by Crippen LogP contribution is -2.21. The number of nitrogens with two attached hydrogens (primary N) is 1. The second-order valence-electron chi connectivity index (χ2n) is 3.38. The third kappa shape index (κ3) is 3.61. The summed E-state index contributed by atoms with van der Waals surface area (Å²) < 4.78 is 5.56. The van der Waals surface area contributed by atoms with Gasteiger partial charge >= 0.3 is 0 Å². The van der Waals surface area contributed by atoms with E-state index in [1.807, 2.05) is 6.92 Å². The highest BCUT2D eigenvalue weighted by Crippen LogP contribution is 2.15. The van der Waals surface area contributed by atoms with Gasteiger partial charge in [-0.05, 0) is 37.3 Å². The highest BCUT2D eigenvalue weighted by atomic mass is 16.5. The number of hydrogen-bond donors (Lipinski definition) is 2. The summed E-state index contributed by atoms with van der Waals surface area (Å²) in [4.78, 5) is 0. The van der Waals surface area contributed by atoms with Crippen molar-refractivity contribution in [1.82, 2.24) is 0 Å². The number of anilines is 1. The molecule has 16 heavy (non-hydrogen) atoms. The zero-order chi connectivity index (χ0) is 12.0. The number of rotatable bonds is 5. The lowest BCUT2D eigenvalue weighted by molar-refractivity contribution is 0.287. The first kappa shape index (κ1) is 12.0. The molecule has 1 rings (SSSR count). The standard InChI is InChI=1S/C13H16N2O/c1-3-4-5-13(15)10(2)16-12-8-6-11(14)7-9-12/h3-10,15H,1,14H2,2H3/b5-4-,15-13?. The molecule has 0 aliphatic heterocycles. The minimum absolute atomic E-state index is 0.292. The van der Waals surface area contributed by atoms with Gasteiger partial charge in [-0.3, -0.25) is 0 Å². The molecule has 0 amide bonds. The fourth-order valence-electron chi connectivity index (χ4n) is 1.12. The highest BCUT2D eigenvalue weighted by Gasteiger charge is 2.07. The van der Waals surface area contributed by atoms with Gasteiger partial charge in [0.25, 0.3) is 0 Å². The van der Waals surface area contributed by atoms with Gasteiger partial charge in [0.05, 0.1) is 5.71 Å². The van der Waals surface area contributed by atoms with Crippen LogP contribution in [0.25, 0.3) is 0 Å². The van der Waals surface area contributed by atoms with E-state index in [-0.39, 0.29) is 6.10 Å². The predicted molar refractivity (Wildman–Crippen MR) is 68.0 cm³/mol. The highest BCUT2D eigenvalue weighted by molar-refractivity contribution is 5.96. The lowest BCUT2D eigenvalue weighted by Gasteiger charge is -2.13. The molecule has 1 atom stereocenters. The molecule has 0 heterocycles. The van der Waals surface area contributed by atoms with Gasteiger partial charge in [0.2, 0.25) is 0 Å². The molecular weight excluding hydrogens is 200 g/mol. The van der Waals surface area contributed by atoms with Crippen LogP contribution in [0.5, 0.6) is 5.75 Å². The number of nitrogens with one attached hydrogen (secondary N) is 1. The Bertz CT molecular complexity index is 393. The fourth-order valence-corrected chi connectivity index (χ4v) is 1.12. The smallest absolute Gasteiger partial charge is 0.137 e. The quantitative estimate of drug-likeness (QED) is 0.451. The van der Waals surface area contributed by atoms with E-state index in [1.54, 1.807) is 42.5 Å². The van der Waals surface area contributed by atoms with E-state index < -0.39 is 0 Å². The molecule has 1 aromatic carbocycles. The lowest BCUT2D eigenvalue weighted by atomic mass is 10.2. The largest absolute Gasteiger partial charge is 0.484 e. The van der Waals surface area contributed by atoms with Crippen molar-refractivity contribution in [2.24, 2.45) is 0 Å². The summed E-state index contributed by atoms with van der Waals surface area (Å²) in [5.74, 6) is 0.707. The van der Waals surface area contributed by atoms with Crippen molar-refractivity contribution >= 4 is 11.4 Å².